The Morgan fingerprint density at radius 3 is 2.94 bits per heavy atom. The minimum Gasteiger partial charge on any atom is -0.450 e. The van der Waals surface area contributed by atoms with E-state index in [1.54, 1.807) is 18.2 Å². The SMILES string of the molecule is CCNCC(C)C(=O)c1cc2cccc(F)c2o1. The molecule has 4 heteroatoms. The lowest BCUT2D eigenvalue weighted by molar-refractivity contribution is 0.0903. The van der Waals surface area contributed by atoms with Crippen LogP contribution in [0.5, 0.6) is 0 Å². The fourth-order valence-corrected chi connectivity index (χ4v) is 1.85. The molecule has 1 aromatic heterocycles. The summed E-state index contributed by atoms with van der Waals surface area (Å²) >= 11 is 0. The van der Waals surface area contributed by atoms with Crippen LogP contribution in [0.3, 0.4) is 0 Å². The minimum atomic E-state index is -0.439. The van der Waals surface area contributed by atoms with Gasteiger partial charge in [-0.15, -0.1) is 0 Å². The highest BCUT2D eigenvalue weighted by atomic mass is 19.1. The van der Waals surface area contributed by atoms with Crippen molar-refractivity contribution < 1.29 is 13.6 Å². The first-order chi connectivity index (χ1) is 8.63. The average Bonchev–Trinajstić information content (AvgIpc) is 2.80. The van der Waals surface area contributed by atoms with E-state index in [0.29, 0.717) is 11.9 Å². The molecule has 0 aliphatic rings. The monoisotopic (exact) mass is 249 g/mol. The Morgan fingerprint density at radius 2 is 2.28 bits per heavy atom. The maximum absolute atomic E-state index is 13.4. The smallest absolute Gasteiger partial charge is 0.202 e. The Kier molecular flexibility index (Phi) is 3.77. The van der Waals surface area contributed by atoms with Crippen LogP contribution in [-0.4, -0.2) is 18.9 Å². The van der Waals surface area contributed by atoms with Gasteiger partial charge in [0.1, 0.15) is 0 Å². The molecule has 1 heterocycles. The summed E-state index contributed by atoms with van der Waals surface area (Å²) in [5.74, 6) is -0.508. The maximum atomic E-state index is 13.4. The standard InChI is InChI=1S/C14H16FNO2/c1-3-16-8-9(2)13(17)12-7-10-5-4-6-11(15)14(10)18-12/h4-7,9,16H,3,8H2,1-2H3. The van der Waals surface area contributed by atoms with E-state index in [9.17, 15) is 9.18 Å². The number of carbonyl (C=O) groups excluding carboxylic acids is 1. The quantitative estimate of drug-likeness (QED) is 0.828. The first-order valence-electron chi connectivity index (χ1n) is 6.06. The molecule has 2 aromatic rings. The summed E-state index contributed by atoms with van der Waals surface area (Å²) in [6.45, 7) is 5.21. The van der Waals surface area contributed by atoms with Crippen LogP contribution >= 0.6 is 0 Å². The molecule has 0 fully saturated rings. The van der Waals surface area contributed by atoms with Crippen LogP contribution in [0.25, 0.3) is 11.0 Å². The van der Waals surface area contributed by atoms with E-state index in [-0.39, 0.29) is 23.0 Å². The predicted octanol–water partition coefficient (Wildman–Crippen LogP) is 3.00. The summed E-state index contributed by atoms with van der Waals surface area (Å²) < 4.78 is 18.8. The number of hydrogen-bond donors (Lipinski definition) is 1. The van der Waals surface area contributed by atoms with Crippen molar-refractivity contribution in [1.82, 2.24) is 5.32 Å². The fraction of sp³-hybridized carbons (Fsp3) is 0.357. The van der Waals surface area contributed by atoms with Crippen LogP contribution in [0.2, 0.25) is 0 Å². The normalized spacial score (nSPS) is 12.8. The lowest BCUT2D eigenvalue weighted by Gasteiger charge is -2.08. The first-order valence-corrected chi connectivity index (χ1v) is 6.06. The van der Waals surface area contributed by atoms with Crippen molar-refractivity contribution in [2.24, 2.45) is 5.92 Å². The molecule has 0 aliphatic carbocycles. The zero-order chi connectivity index (χ0) is 13.1. The number of hydrogen-bond acceptors (Lipinski definition) is 3. The van der Waals surface area contributed by atoms with Crippen molar-refractivity contribution >= 4 is 16.8 Å². The number of nitrogens with one attached hydrogen (secondary N) is 1. The van der Waals surface area contributed by atoms with Crippen molar-refractivity contribution in [3.63, 3.8) is 0 Å². The summed E-state index contributed by atoms with van der Waals surface area (Å²) in [5, 5.41) is 3.73. The summed E-state index contributed by atoms with van der Waals surface area (Å²) in [5.41, 5.74) is 0.150. The van der Waals surface area contributed by atoms with Gasteiger partial charge in [0.05, 0.1) is 0 Å². The van der Waals surface area contributed by atoms with Crippen molar-refractivity contribution in [1.29, 1.82) is 0 Å². The molecule has 1 atom stereocenters. The Morgan fingerprint density at radius 1 is 1.50 bits per heavy atom. The van der Waals surface area contributed by atoms with E-state index < -0.39 is 5.82 Å². The maximum Gasteiger partial charge on any atom is 0.202 e. The topological polar surface area (TPSA) is 42.2 Å². The number of Topliss-reactive ketones (excluding diaryl/α,β-unsaturated/α-hetero) is 1. The highest BCUT2D eigenvalue weighted by molar-refractivity contribution is 5.99. The van der Waals surface area contributed by atoms with Gasteiger partial charge in [0, 0.05) is 17.8 Å². The number of para-hydroxylation sites is 1. The average molecular weight is 249 g/mol. The summed E-state index contributed by atoms with van der Waals surface area (Å²) in [6, 6.07) is 6.25. The molecule has 18 heavy (non-hydrogen) atoms. The molecule has 1 aromatic carbocycles. The van der Waals surface area contributed by atoms with Crippen LogP contribution in [0, 0.1) is 11.7 Å². The van der Waals surface area contributed by atoms with E-state index in [4.69, 9.17) is 4.42 Å². The molecule has 0 saturated heterocycles. The lowest BCUT2D eigenvalue weighted by Crippen LogP contribution is -2.26. The van der Waals surface area contributed by atoms with Gasteiger partial charge in [0.2, 0.25) is 5.78 Å². The third-order valence-corrected chi connectivity index (χ3v) is 2.89. The molecule has 2 rings (SSSR count). The van der Waals surface area contributed by atoms with Gasteiger partial charge < -0.3 is 9.73 Å². The molecule has 0 saturated carbocycles. The molecular weight excluding hydrogens is 233 g/mol. The molecule has 0 spiro atoms. The second-order valence-electron chi connectivity index (χ2n) is 4.34. The molecule has 0 radical (unpaired) electrons. The van der Waals surface area contributed by atoms with Gasteiger partial charge in [0.15, 0.2) is 17.2 Å². The predicted molar refractivity (Wildman–Crippen MR) is 68.2 cm³/mol. The summed E-state index contributed by atoms with van der Waals surface area (Å²) in [4.78, 5) is 12.1. The Labute approximate surface area is 105 Å². The van der Waals surface area contributed by atoms with Crippen molar-refractivity contribution in [3.05, 3.63) is 35.8 Å². The van der Waals surface area contributed by atoms with Gasteiger partial charge in [0.25, 0.3) is 0 Å². The molecule has 3 nitrogen and oxygen atoms in total. The zero-order valence-corrected chi connectivity index (χ0v) is 10.5. The van der Waals surface area contributed by atoms with E-state index in [1.165, 1.54) is 6.07 Å². The highest BCUT2D eigenvalue weighted by Crippen LogP contribution is 2.23. The third-order valence-electron chi connectivity index (χ3n) is 2.89. The number of carbonyl (C=O) groups is 1. The number of rotatable bonds is 5. The van der Waals surface area contributed by atoms with Crippen LogP contribution in [0.15, 0.2) is 28.7 Å². The van der Waals surface area contributed by atoms with Gasteiger partial charge in [-0.25, -0.2) is 4.39 Å². The summed E-state index contributed by atoms with van der Waals surface area (Å²) in [6.07, 6.45) is 0. The van der Waals surface area contributed by atoms with Gasteiger partial charge in [-0.05, 0) is 18.7 Å². The molecule has 0 aliphatic heterocycles. The van der Waals surface area contributed by atoms with E-state index in [1.807, 2.05) is 13.8 Å². The molecule has 0 bridgehead atoms. The molecule has 96 valence electrons. The first kappa shape index (κ1) is 12.8. The van der Waals surface area contributed by atoms with Crippen LogP contribution in [-0.2, 0) is 0 Å². The van der Waals surface area contributed by atoms with E-state index in [0.717, 1.165) is 6.54 Å². The van der Waals surface area contributed by atoms with Gasteiger partial charge in [-0.3, -0.25) is 4.79 Å². The fourth-order valence-electron chi connectivity index (χ4n) is 1.85. The van der Waals surface area contributed by atoms with E-state index >= 15 is 0 Å². The van der Waals surface area contributed by atoms with Crippen molar-refractivity contribution in [2.45, 2.75) is 13.8 Å². The van der Waals surface area contributed by atoms with Gasteiger partial charge in [-0.1, -0.05) is 26.0 Å². The van der Waals surface area contributed by atoms with Gasteiger partial charge in [-0.2, -0.15) is 0 Å². The van der Waals surface area contributed by atoms with Crippen molar-refractivity contribution in [3.8, 4) is 0 Å². The highest BCUT2D eigenvalue weighted by Gasteiger charge is 2.19. The third kappa shape index (κ3) is 2.43. The van der Waals surface area contributed by atoms with Gasteiger partial charge >= 0.3 is 0 Å². The molecule has 1 N–H and O–H groups in total. The molecule has 1 unspecified atom stereocenters. The number of furan rings is 1. The lowest BCUT2D eigenvalue weighted by atomic mass is 10.0. The largest absolute Gasteiger partial charge is 0.450 e. The minimum absolute atomic E-state index is 0.105. The van der Waals surface area contributed by atoms with Crippen LogP contribution in [0.1, 0.15) is 24.4 Å². The Hall–Kier alpha value is -1.68. The van der Waals surface area contributed by atoms with Crippen LogP contribution in [0.4, 0.5) is 4.39 Å². The zero-order valence-electron chi connectivity index (χ0n) is 10.5. The number of benzene rings is 1. The van der Waals surface area contributed by atoms with E-state index in [2.05, 4.69) is 5.32 Å². The molecule has 0 amide bonds. The van der Waals surface area contributed by atoms with Crippen LogP contribution < -0.4 is 5.32 Å². The van der Waals surface area contributed by atoms with Crippen molar-refractivity contribution in [2.75, 3.05) is 13.1 Å². The summed E-state index contributed by atoms with van der Waals surface area (Å²) in [7, 11) is 0. The number of ketones is 1. The number of halogens is 1. The Balaban J connectivity index is 2.25. The second kappa shape index (κ2) is 5.31. The number of fused-ring (bicyclic) bond motifs is 1. The Bertz CT molecular complexity index is 562. The second-order valence-corrected chi connectivity index (χ2v) is 4.34. The molecular formula is C14H16FNO2.